The Hall–Kier alpha value is -0.710. The van der Waals surface area contributed by atoms with Crippen LogP contribution in [0.5, 0.6) is 0 Å². The summed E-state index contributed by atoms with van der Waals surface area (Å²) in [5, 5.41) is 22.8. The maximum absolute atomic E-state index is 9.24. The van der Waals surface area contributed by atoms with Crippen LogP contribution in [0.4, 0.5) is 0 Å². The molecule has 0 radical (unpaired) electrons. The number of aliphatic carboxylic acids is 3. The minimum Gasteiger partial charge on any atom is -0.480 e. The third kappa shape index (κ3) is 73.1. The van der Waals surface area contributed by atoms with E-state index in [0.717, 1.165) is 6.42 Å². The third-order valence-electron chi connectivity index (χ3n) is 2.88. The maximum Gasteiger partial charge on any atom is 1.00 e. The average Bonchev–Trinajstić information content (AvgIpc) is 2.65. The Morgan fingerprint density at radius 1 is 0.643 bits per heavy atom. The fourth-order valence-corrected chi connectivity index (χ4v) is 1.49. The van der Waals surface area contributed by atoms with Crippen LogP contribution in [-0.4, -0.2) is 52.9 Å². The van der Waals surface area contributed by atoms with Crippen LogP contribution in [0.2, 0.25) is 0 Å². The van der Waals surface area contributed by atoms with Crippen molar-refractivity contribution in [2.24, 2.45) is 17.2 Å². The molecular formula is C18H40N3NaO6. The zero-order valence-corrected chi connectivity index (χ0v) is 19.7. The summed E-state index contributed by atoms with van der Waals surface area (Å²) in [4.78, 5) is 27.7. The Kier molecular flexibility index (Phi) is 50.3. The zero-order chi connectivity index (χ0) is 21.9. The molecule has 0 heterocycles. The van der Waals surface area contributed by atoms with Gasteiger partial charge in [0.2, 0.25) is 0 Å². The smallest absolute Gasteiger partial charge is 0.480 e. The minimum absolute atomic E-state index is 0. The predicted octanol–water partition coefficient (Wildman–Crippen LogP) is -1.17. The maximum atomic E-state index is 9.24. The van der Waals surface area contributed by atoms with Gasteiger partial charge in [-0.25, -0.2) is 0 Å². The van der Waals surface area contributed by atoms with Gasteiger partial charge in [-0.3, -0.25) is 14.4 Å². The van der Waals surface area contributed by atoms with Crippen LogP contribution in [-0.2, 0) is 14.4 Å². The molecule has 0 fully saturated rings. The van der Waals surface area contributed by atoms with Crippen molar-refractivity contribution in [2.75, 3.05) is 19.6 Å². The van der Waals surface area contributed by atoms with Crippen LogP contribution in [0.3, 0.4) is 0 Å². The van der Waals surface area contributed by atoms with Crippen LogP contribution in [0, 0.1) is 6.92 Å². The molecule has 0 spiro atoms. The van der Waals surface area contributed by atoms with Gasteiger partial charge < -0.3 is 39.4 Å². The van der Waals surface area contributed by atoms with Crippen LogP contribution in [0.1, 0.15) is 71.1 Å². The normalized spacial score (nSPS) is 8.46. The molecule has 0 aromatic heterocycles. The Bertz CT molecular complexity index is 291. The van der Waals surface area contributed by atoms with Crippen molar-refractivity contribution in [3.8, 4) is 0 Å². The van der Waals surface area contributed by atoms with Gasteiger partial charge in [0.1, 0.15) is 0 Å². The fraction of sp³-hybridized carbons (Fsp3) is 0.778. The van der Waals surface area contributed by atoms with Gasteiger partial charge in [-0.2, -0.15) is 6.42 Å². The molecular weight excluding hydrogens is 377 g/mol. The Balaban J connectivity index is -0.0000000927. The largest absolute Gasteiger partial charge is 1.00 e. The van der Waals surface area contributed by atoms with E-state index in [1.54, 1.807) is 0 Å². The van der Waals surface area contributed by atoms with Gasteiger partial charge in [0.25, 0.3) is 0 Å². The Morgan fingerprint density at radius 3 is 1.04 bits per heavy atom. The number of unbranched alkanes of at least 4 members (excludes halogenated alkanes) is 9. The number of rotatable bonds is 12. The van der Waals surface area contributed by atoms with E-state index >= 15 is 0 Å². The predicted molar refractivity (Wildman–Crippen MR) is 107 cm³/mol. The van der Waals surface area contributed by atoms with E-state index in [9.17, 15) is 14.4 Å². The molecule has 0 atom stereocenters. The minimum atomic E-state index is -0.968. The van der Waals surface area contributed by atoms with Crippen molar-refractivity contribution in [3.05, 3.63) is 6.92 Å². The van der Waals surface area contributed by atoms with E-state index in [1.165, 1.54) is 57.8 Å². The molecule has 9 nitrogen and oxygen atoms in total. The zero-order valence-electron chi connectivity index (χ0n) is 17.7. The molecule has 0 aromatic carbocycles. The summed E-state index contributed by atoms with van der Waals surface area (Å²) in [7, 11) is 0. The number of nitrogens with two attached hydrogens (primary N) is 3. The van der Waals surface area contributed by atoms with Crippen LogP contribution in [0.25, 0.3) is 0 Å². The van der Waals surface area contributed by atoms with Crippen molar-refractivity contribution in [3.63, 3.8) is 0 Å². The molecule has 0 aliphatic heterocycles. The van der Waals surface area contributed by atoms with Gasteiger partial charge in [0.15, 0.2) is 0 Å². The number of carboxylic acid groups (broad SMARTS) is 3. The molecule has 0 aliphatic carbocycles. The molecule has 0 bridgehead atoms. The standard InChI is InChI=1S/C12H25.3C2H5NO2.Na/c1-3-5-7-9-11-12-10-8-6-4-2;3*3-1-2(4)5;/h1,3-12H2,2H3;3*1,3H2,(H,4,5);/q-1;;;;+1. The summed E-state index contributed by atoms with van der Waals surface area (Å²) in [6.07, 6.45) is 13.9. The summed E-state index contributed by atoms with van der Waals surface area (Å²) in [6, 6.07) is 0. The molecule has 0 rings (SSSR count). The average molecular weight is 418 g/mol. The van der Waals surface area contributed by atoms with Gasteiger partial charge >= 0.3 is 47.5 Å². The summed E-state index contributed by atoms with van der Waals surface area (Å²) in [5.74, 6) is -2.90. The van der Waals surface area contributed by atoms with Gasteiger partial charge in [0.05, 0.1) is 19.6 Å². The number of hydrogen-bond acceptors (Lipinski definition) is 6. The van der Waals surface area contributed by atoms with Gasteiger partial charge in [-0.15, -0.1) is 0 Å². The fourth-order valence-electron chi connectivity index (χ4n) is 1.49. The molecule has 0 aliphatic rings. The first-order valence-electron chi connectivity index (χ1n) is 9.28. The summed E-state index contributed by atoms with van der Waals surface area (Å²) >= 11 is 0. The van der Waals surface area contributed by atoms with E-state index < -0.39 is 17.9 Å². The Labute approximate surface area is 191 Å². The molecule has 0 saturated heterocycles. The van der Waals surface area contributed by atoms with Crippen LogP contribution >= 0.6 is 0 Å². The first-order chi connectivity index (χ1) is 12.7. The Morgan fingerprint density at radius 2 is 0.857 bits per heavy atom. The van der Waals surface area contributed by atoms with E-state index in [1.807, 2.05) is 0 Å². The van der Waals surface area contributed by atoms with Crippen LogP contribution < -0.4 is 46.8 Å². The molecule has 0 saturated carbocycles. The molecule has 10 heteroatoms. The number of carbonyl (C=O) groups is 3. The molecule has 28 heavy (non-hydrogen) atoms. The second-order valence-corrected chi connectivity index (χ2v) is 5.48. The SMILES string of the molecule is NCC(=O)O.NCC(=O)O.NCC(=O)O.[CH2-]CCCCCCCCCCC.[Na+]. The molecule has 0 amide bonds. The van der Waals surface area contributed by atoms with Gasteiger partial charge in [-0.1, -0.05) is 64.7 Å². The monoisotopic (exact) mass is 417 g/mol. The van der Waals surface area contributed by atoms with Crippen molar-refractivity contribution >= 4 is 17.9 Å². The second-order valence-electron chi connectivity index (χ2n) is 5.48. The van der Waals surface area contributed by atoms with Gasteiger partial charge in [-0.05, 0) is 0 Å². The van der Waals surface area contributed by atoms with Crippen LogP contribution in [0.15, 0.2) is 0 Å². The molecule has 0 aromatic rings. The van der Waals surface area contributed by atoms with E-state index in [0.29, 0.717) is 0 Å². The van der Waals surface area contributed by atoms with Gasteiger partial charge in [0, 0.05) is 0 Å². The van der Waals surface area contributed by atoms with Crippen molar-refractivity contribution < 1.29 is 59.3 Å². The molecule has 9 N–H and O–H groups in total. The van der Waals surface area contributed by atoms with E-state index in [2.05, 4.69) is 31.0 Å². The number of hydrogen-bond donors (Lipinski definition) is 6. The summed E-state index contributed by atoms with van der Waals surface area (Å²) in [6.45, 7) is 5.28. The van der Waals surface area contributed by atoms with E-state index in [4.69, 9.17) is 15.3 Å². The van der Waals surface area contributed by atoms with E-state index in [-0.39, 0.29) is 49.2 Å². The topological polar surface area (TPSA) is 190 Å². The summed E-state index contributed by atoms with van der Waals surface area (Å²) in [5.41, 5.74) is 13.7. The van der Waals surface area contributed by atoms with Crippen molar-refractivity contribution in [1.29, 1.82) is 0 Å². The second kappa shape index (κ2) is 37.1. The first kappa shape index (κ1) is 38.0. The summed E-state index contributed by atoms with van der Waals surface area (Å²) < 4.78 is 0. The quantitative estimate of drug-likeness (QED) is 0.129. The molecule has 164 valence electrons. The first-order valence-corrected chi connectivity index (χ1v) is 9.28. The number of carboxylic acids is 3. The van der Waals surface area contributed by atoms with Crippen molar-refractivity contribution in [1.82, 2.24) is 0 Å². The van der Waals surface area contributed by atoms with Crippen molar-refractivity contribution in [2.45, 2.75) is 71.1 Å². The molecule has 0 unspecified atom stereocenters. The third-order valence-corrected chi connectivity index (χ3v) is 2.88.